The van der Waals surface area contributed by atoms with Crippen molar-refractivity contribution in [1.82, 2.24) is 5.32 Å². The molecule has 1 aromatic heterocycles. The number of nitrogens with two attached hydrogens (primary N) is 1. The summed E-state index contributed by atoms with van der Waals surface area (Å²) in [4.78, 5) is 0. The lowest BCUT2D eigenvalue weighted by Gasteiger charge is -2.25. The highest BCUT2D eigenvalue weighted by atomic mass is 16.3. The van der Waals surface area contributed by atoms with E-state index in [1.165, 1.54) is 0 Å². The predicted molar refractivity (Wildman–Crippen MR) is 81.6 cm³/mol. The summed E-state index contributed by atoms with van der Waals surface area (Å²) in [6.07, 6.45) is 0. The van der Waals surface area contributed by atoms with Gasteiger partial charge in [-0.1, -0.05) is 25.1 Å². The van der Waals surface area contributed by atoms with Gasteiger partial charge in [-0.15, -0.1) is 0 Å². The van der Waals surface area contributed by atoms with Crippen molar-refractivity contribution in [1.29, 1.82) is 0 Å². The second-order valence-corrected chi connectivity index (χ2v) is 5.47. The maximum absolute atomic E-state index is 9.26. The lowest BCUT2D eigenvalue weighted by Crippen LogP contribution is -2.39. The van der Waals surface area contributed by atoms with Crippen molar-refractivity contribution < 1.29 is 9.52 Å². The summed E-state index contributed by atoms with van der Waals surface area (Å²) >= 11 is 0. The van der Waals surface area contributed by atoms with Crippen molar-refractivity contribution in [2.45, 2.75) is 32.9 Å². The predicted octanol–water partition coefficient (Wildman–Crippen LogP) is 2.35. The molecule has 0 saturated heterocycles. The summed E-state index contributed by atoms with van der Waals surface area (Å²) in [6.45, 7) is 6.72. The van der Waals surface area contributed by atoms with E-state index in [-0.39, 0.29) is 24.6 Å². The Morgan fingerprint density at radius 1 is 1.30 bits per heavy atom. The number of aliphatic hydroxyl groups excluding tert-OH is 1. The molecule has 4 heteroatoms. The normalized spacial score (nSPS) is 16.2. The first-order chi connectivity index (χ1) is 9.58. The van der Waals surface area contributed by atoms with Gasteiger partial charge in [-0.2, -0.15) is 0 Å². The molecule has 3 unspecified atom stereocenters. The minimum Gasteiger partial charge on any atom is -0.461 e. The van der Waals surface area contributed by atoms with E-state index < -0.39 is 0 Å². The van der Waals surface area contributed by atoms with Gasteiger partial charge in [-0.3, -0.25) is 0 Å². The van der Waals surface area contributed by atoms with Gasteiger partial charge in [0.15, 0.2) is 0 Å². The zero-order valence-corrected chi connectivity index (χ0v) is 12.4. The number of hydrogen-bond acceptors (Lipinski definition) is 4. The van der Waals surface area contributed by atoms with E-state index in [9.17, 15) is 5.11 Å². The SMILES string of the molecule is Cc1oc2ccccc2c1C(CN)NC(C)C(C)CO. The van der Waals surface area contributed by atoms with Crippen LogP contribution in [0.25, 0.3) is 11.0 Å². The van der Waals surface area contributed by atoms with Crippen LogP contribution in [0, 0.1) is 12.8 Å². The van der Waals surface area contributed by atoms with Gasteiger partial charge in [0.1, 0.15) is 11.3 Å². The van der Waals surface area contributed by atoms with Crippen LogP contribution in [0.15, 0.2) is 28.7 Å². The van der Waals surface area contributed by atoms with Crippen LogP contribution in [-0.2, 0) is 0 Å². The summed E-state index contributed by atoms with van der Waals surface area (Å²) in [5.41, 5.74) is 7.96. The third kappa shape index (κ3) is 2.87. The fourth-order valence-corrected chi connectivity index (χ4v) is 2.53. The number of hydrogen-bond donors (Lipinski definition) is 3. The number of fused-ring (bicyclic) bond motifs is 1. The summed E-state index contributed by atoms with van der Waals surface area (Å²) < 4.78 is 5.81. The van der Waals surface area contributed by atoms with Gasteiger partial charge in [0, 0.05) is 36.2 Å². The second kappa shape index (κ2) is 6.39. The molecular formula is C16H24N2O2. The zero-order valence-electron chi connectivity index (χ0n) is 12.4. The highest BCUT2D eigenvalue weighted by Crippen LogP contribution is 2.30. The van der Waals surface area contributed by atoms with Crippen LogP contribution in [0.1, 0.15) is 31.2 Å². The van der Waals surface area contributed by atoms with Crippen LogP contribution in [0.2, 0.25) is 0 Å². The molecule has 0 aliphatic heterocycles. The molecule has 1 heterocycles. The summed E-state index contributed by atoms with van der Waals surface area (Å²) in [6, 6.07) is 8.22. The maximum Gasteiger partial charge on any atom is 0.134 e. The van der Waals surface area contributed by atoms with Crippen molar-refractivity contribution in [2.24, 2.45) is 11.7 Å². The first-order valence-electron chi connectivity index (χ1n) is 7.13. The Kier molecular flexibility index (Phi) is 4.81. The Balaban J connectivity index is 2.32. The number of benzene rings is 1. The molecule has 110 valence electrons. The molecular weight excluding hydrogens is 252 g/mol. The highest BCUT2D eigenvalue weighted by Gasteiger charge is 2.22. The Morgan fingerprint density at radius 2 is 2.00 bits per heavy atom. The number of para-hydroxylation sites is 1. The van der Waals surface area contributed by atoms with E-state index in [0.717, 1.165) is 22.3 Å². The minimum absolute atomic E-state index is 0.0302. The summed E-state index contributed by atoms with van der Waals surface area (Å²) in [5.74, 6) is 1.08. The van der Waals surface area contributed by atoms with Crippen molar-refractivity contribution in [3.05, 3.63) is 35.6 Å². The van der Waals surface area contributed by atoms with E-state index in [1.807, 2.05) is 32.0 Å². The Bertz CT molecular complexity index is 565. The lowest BCUT2D eigenvalue weighted by atomic mass is 9.99. The molecule has 3 atom stereocenters. The van der Waals surface area contributed by atoms with Gasteiger partial charge < -0.3 is 20.6 Å². The molecule has 0 spiro atoms. The van der Waals surface area contributed by atoms with Crippen LogP contribution in [0.3, 0.4) is 0 Å². The average Bonchev–Trinajstić information content (AvgIpc) is 2.79. The Labute approximate surface area is 120 Å². The summed E-state index contributed by atoms with van der Waals surface area (Å²) in [5, 5.41) is 13.9. The quantitative estimate of drug-likeness (QED) is 0.757. The first-order valence-corrected chi connectivity index (χ1v) is 7.13. The third-order valence-electron chi connectivity index (χ3n) is 4.01. The van der Waals surface area contributed by atoms with E-state index in [4.69, 9.17) is 10.2 Å². The molecule has 4 nitrogen and oxygen atoms in total. The highest BCUT2D eigenvalue weighted by molar-refractivity contribution is 5.82. The number of aliphatic hydroxyl groups is 1. The molecule has 4 N–H and O–H groups in total. The van der Waals surface area contributed by atoms with Gasteiger partial charge in [-0.25, -0.2) is 0 Å². The molecule has 0 bridgehead atoms. The van der Waals surface area contributed by atoms with E-state index in [2.05, 4.69) is 18.3 Å². The van der Waals surface area contributed by atoms with Gasteiger partial charge in [-0.05, 0) is 25.8 Å². The van der Waals surface area contributed by atoms with Crippen LogP contribution in [0.4, 0.5) is 0 Å². The Morgan fingerprint density at radius 3 is 2.65 bits per heavy atom. The number of nitrogens with one attached hydrogen (secondary N) is 1. The van der Waals surface area contributed by atoms with Gasteiger partial charge in [0.2, 0.25) is 0 Å². The number of rotatable bonds is 6. The fraction of sp³-hybridized carbons (Fsp3) is 0.500. The molecule has 1 aromatic carbocycles. The third-order valence-corrected chi connectivity index (χ3v) is 4.01. The second-order valence-electron chi connectivity index (χ2n) is 5.47. The van der Waals surface area contributed by atoms with Crippen molar-refractivity contribution in [3.8, 4) is 0 Å². The van der Waals surface area contributed by atoms with Crippen LogP contribution in [0.5, 0.6) is 0 Å². The van der Waals surface area contributed by atoms with Gasteiger partial charge in [0.25, 0.3) is 0 Å². The molecule has 0 amide bonds. The molecule has 0 aliphatic rings. The molecule has 0 radical (unpaired) electrons. The van der Waals surface area contributed by atoms with Crippen molar-refractivity contribution in [2.75, 3.05) is 13.2 Å². The van der Waals surface area contributed by atoms with E-state index >= 15 is 0 Å². The Hall–Kier alpha value is -1.36. The zero-order chi connectivity index (χ0) is 14.7. The monoisotopic (exact) mass is 276 g/mol. The largest absolute Gasteiger partial charge is 0.461 e. The van der Waals surface area contributed by atoms with Crippen molar-refractivity contribution >= 4 is 11.0 Å². The molecule has 20 heavy (non-hydrogen) atoms. The lowest BCUT2D eigenvalue weighted by molar-refractivity contribution is 0.201. The number of furan rings is 1. The topological polar surface area (TPSA) is 71.4 Å². The van der Waals surface area contributed by atoms with E-state index in [0.29, 0.717) is 6.54 Å². The fourth-order valence-electron chi connectivity index (χ4n) is 2.53. The van der Waals surface area contributed by atoms with Crippen molar-refractivity contribution in [3.63, 3.8) is 0 Å². The van der Waals surface area contributed by atoms with Crippen LogP contribution >= 0.6 is 0 Å². The van der Waals surface area contributed by atoms with Crippen LogP contribution < -0.4 is 11.1 Å². The first kappa shape index (κ1) is 15.0. The standard InChI is InChI=1S/C16H24N2O2/c1-10(9-19)11(2)18-14(8-17)16-12(3)20-15-7-5-4-6-13(15)16/h4-7,10-11,14,18-19H,8-9,17H2,1-3H3. The van der Waals surface area contributed by atoms with Gasteiger partial charge in [0.05, 0.1) is 0 Å². The molecule has 2 rings (SSSR count). The molecule has 0 fully saturated rings. The summed E-state index contributed by atoms with van der Waals surface area (Å²) in [7, 11) is 0. The average molecular weight is 276 g/mol. The molecule has 0 aliphatic carbocycles. The molecule has 0 saturated carbocycles. The smallest absolute Gasteiger partial charge is 0.134 e. The minimum atomic E-state index is 0.0302. The number of aryl methyl sites for hydroxylation is 1. The maximum atomic E-state index is 9.26. The van der Waals surface area contributed by atoms with Gasteiger partial charge >= 0.3 is 0 Å². The molecule has 2 aromatic rings. The van der Waals surface area contributed by atoms with E-state index in [1.54, 1.807) is 0 Å². The van der Waals surface area contributed by atoms with Crippen LogP contribution in [-0.4, -0.2) is 24.3 Å².